The summed E-state index contributed by atoms with van der Waals surface area (Å²) in [6, 6.07) is 11.6. The molecular weight excluding hydrogens is 548 g/mol. The van der Waals surface area contributed by atoms with Crippen LogP contribution in [0.4, 0.5) is 0 Å². The van der Waals surface area contributed by atoms with Crippen LogP contribution in [-0.4, -0.2) is 79.9 Å². The largest absolute Gasteiger partial charge is 0.504 e. The molecule has 1 aliphatic heterocycles. The van der Waals surface area contributed by atoms with Crippen molar-refractivity contribution in [1.82, 2.24) is 0 Å². The Kier molecular flexibility index (Phi) is 10.2. The highest BCUT2D eigenvalue weighted by Crippen LogP contribution is 2.53. The Bertz CT molecular complexity index is 1330. The topological polar surface area (TPSA) is 157 Å². The van der Waals surface area contributed by atoms with Crippen molar-refractivity contribution in [3.8, 4) is 40.2 Å². The number of hydrogen-bond acceptors (Lipinski definition) is 11. The Balaban J connectivity index is 1.68. The number of hydrogen-bond donors (Lipinski definition) is 5. The molecular formula is C31H38O11. The van der Waals surface area contributed by atoms with Gasteiger partial charge >= 0.3 is 0 Å². The number of aryl methyl sites for hydroxylation is 1. The normalized spacial score (nSPS) is 17.1. The Morgan fingerprint density at radius 1 is 0.833 bits per heavy atom. The summed E-state index contributed by atoms with van der Waals surface area (Å²) in [6.45, 7) is -0.695. The Morgan fingerprint density at radius 2 is 1.50 bits per heavy atom. The van der Waals surface area contributed by atoms with Gasteiger partial charge < -0.3 is 54.0 Å². The van der Waals surface area contributed by atoms with Crippen molar-refractivity contribution in [2.75, 3.05) is 48.3 Å². The summed E-state index contributed by atoms with van der Waals surface area (Å²) in [4.78, 5) is 0. The average molecular weight is 587 g/mol. The highest BCUT2D eigenvalue weighted by atomic mass is 16.6. The number of rotatable bonds is 14. The first-order valence-corrected chi connectivity index (χ1v) is 13.5. The molecule has 11 nitrogen and oxygen atoms in total. The minimum atomic E-state index is -1.29. The van der Waals surface area contributed by atoms with Gasteiger partial charge in [-0.1, -0.05) is 12.1 Å². The molecule has 4 atom stereocenters. The van der Waals surface area contributed by atoms with E-state index < -0.39 is 30.8 Å². The summed E-state index contributed by atoms with van der Waals surface area (Å²) in [7, 11) is 5.84. The van der Waals surface area contributed by atoms with Crippen LogP contribution in [0.5, 0.6) is 40.2 Å². The van der Waals surface area contributed by atoms with Gasteiger partial charge in [-0.15, -0.1) is 0 Å². The molecule has 2 unspecified atom stereocenters. The molecule has 0 fully saturated rings. The van der Waals surface area contributed by atoms with Gasteiger partial charge in [0.25, 0.3) is 0 Å². The second-order valence-corrected chi connectivity index (χ2v) is 9.84. The third-order valence-corrected chi connectivity index (χ3v) is 7.35. The molecule has 5 N–H and O–H groups in total. The van der Waals surface area contributed by atoms with E-state index in [4.69, 9.17) is 28.4 Å². The summed E-state index contributed by atoms with van der Waals surface area (Å²) < 4.78 is 34.4. The van der Waals surface area contributed by atoms with Gasteiger partial charge in [-0.25, -0.2) is 0 Å². The number of aliphatic hydroxyl groups is 4. The molecule has 0 aliphatic carbocycles. The maximum atomic E-state index is 11.0. The van der Waals surface area contributed by atoms with E-state index >= 15 is 0 Å². The summed E-state index contributed by atoms with van der Waals surface area (Å²) in [6.07, 6.45) is -1.81. The lowest BCUT2D eigenvalue weighted by Gasteiger charge is -2.26. The Morgan fingerprint density at radius 3 is 2.07 bits per heavy atom. The van der Waals surface area contributed by atoms with Crippen molar-refractivity contribution < 1.29 is 54.0 Å². The van der Waals surface area contributed by atoms with Gasteiger partial charge in [-0.3, -0.25) is 0 Å². The fraction of sp³-hybridized carbons (Fsp3) is 0.419. The predicted molar refractivity (Wildman–Crippen MR) is 152 cm³/mol. The number of benzene rings is 3. The van der Waals surface area contributed by atoms with Crippen molar-refractivity contribution >= 4 is 0 Å². The predicted octanol–water partition coefficient (Wildman–Crippen LogP) is 3.03. The van der Waals surface area contributed by atoms with Crippen molar-refractivity contribution in [2.45, 2.75) is 37.1 Å². The maximum Gasteiger partial charge on any atom is 0.204 e. The molecule has 3 aromatic carbocycles. The number of fused-ring (bicyclic) bond motifs is 1. The summed E-state index contributed by atoms with van der Waals surface area (Å²) in [5.41, 5.74) is 2.74. The lowest BCUT2D eigenvalue weighted by Crippen LogP contribution is -2.29. The zero-order valence-corrected chi connectivity index (χ0v) is 24.1. The van der Waals surface area contributed by atoms with Crippen LogP contribution in [0.3, 0.4) is 0 Å². The van der Waals surface area contributed by atoms with Crippen LogP contribution in [0, 0.1) is 0 Å². The third-order valence-electron chi connectivity index (χ3n) is 7.35. The van der Waals surface area contributed by atoms with Crippen LogP contribution >= 0.6 is 0 Å². The molecule has 1 aliphatic rings. The van der Waals surface area contributed by atoms with E-state index in [1.165, 1.54) is 39.5 Å². The molecule has 228 valence electrons. The van der Waals surface area contributed by atoms with Crippen molar-refractivity contribution in [1.29, 1.82) is 0 Å². The number of aromatic hydroxyl groups is 1. The van der Waals surface area contributed by atoms with E-state index in [1.807, 2.05) is 12.1 Å². The maximum absolute atomic E-state index is 11.0. The van der Waals surface area contributed by atoms with Gasteiger partial charge in [-0.05, 0) is 54.3 Å². The van der Waals surface area contributed by atoms with E-state index in [-0.39, 0.29) is 42.0 Å². The molecule has 11 heteroatoms. The van der Waals surface area contributed by atoms with E-state index in [1.54, 1.807) is 19.2 Å². The van der Waals surface area contributed by atoms with Gasteiger partial charge in [0.15, 0.2) is 40.6 Å². The molecule has 42 heavy (non-hydrogen) atoms. The van der Waals surface area contributed by atoms with E-state index in [0.29, 0.717) is 35.5 Å². The van der Waals surface area contributed by atoms with Crippen LogP contribution in [0.15, 0.2) is 42.5 Å². The monoisotopic (exact) mass is 586 g/mol. The molecule has 0 amide bonds. The highest BCUT2D eigenvalue weighted by Gasteiger charge is 2.39. The standard InChI is InChI=1S/C31H38O11/c1-37-23-12-18(7-8-22(23)35)28(36)27(16-34)41-31-25(39-3)13-19(14-26(31)40-4)29-21(15-33)20-10-17(6-5-9-32)11-24(38-2)30(20)42-29/h7-8,10-14,21,27-29,32-36H,5-6,9,15-16H2,1-4H3/t21-,27?,28?,29-/m1/s1. The zero-order valence-electron chi connectivity index (χ0n) is 24.1. The SMILES string of the molecule is COc1cc(C(O)C(CO)Oc2c(OC)cc([C@H]3Oc4c(OC)cc(CCCO)cc4[C@H]3CO)cc2OC)ccc1O. The molecule has 0 bridgehead atoms. The first kappa shape index (κ1) is 31.0. The number of phenolic OH excluding ortho intramolecular Hbond substituents is 1. The van der Waals surface area contributed by atoms with Gasteiger partial charge in [0, 0.05) is 17.7 Å². The fourth-order valence-corrected chi connectivity index (χ4v) is 5.16. The van der Waals surface area contributed by atoms with Crippen LogP contribution in [0.2, 0.25) is 0 Å². The second-order valence-electron chi connectivity index (χ2n) is 9.84. The zero-order chi connectivity index (χ0) is 30.4. The van der Waals surface area contributed by atoms with Gasteiger partial charge in [0.1, 0.15) is 12.2 Å². The van der Waals surface area contributed by atoms with Crippen molar-refractivity contribution in [3.63, 3.8) is 0 Å². The Labute approximate surface area is 244 Å². The van der Waals surface area contributed by atoms with Gasteiger partial charge in [0.05, 0.1) is 47.6 Å². The second kappa shape index (κ2) is 13.8. The summed E-state index contributed by atoms with van der Waals surface area (Å²) in [5, 5.41) is 50.8. The molecule has 4 rings (SSSR count). The van der Waals surface area contributed by atoms with Crippen LogP contribution < -0.4 is 28.4 Å². The van der Waals surface area contributed by atoms with Crippen LogP contribution in [-0.2, 0) is 6.42 Å². The molecule has 0 saturated carbocycles. The quantitative estimate of drug-likeness (QED) is 0.189. The minimum Gasteiger partial charge on any atom is -0.504 e. The highest BCUT2D eigenvalue weighted by molar-refractivity contribution is 5.58. The number of aliphatic hydroxyl groups excluding tert-OH is 4. The Hall–Kier alpha value is -3.90. The first-order chi connectivity index (χ1) is 20.3. The smallest absolute Gasteiger partial charge is 0.204 e. The van der Waals surface area contributed by atoms with Gasteiger partial charge in [-0.2, -0.15) is 0 Å². The van der Waals surface area contributed by atoms with Crippen molar-refractivity contribution in [2.24, 2.45) is 0 Å². The number of phenols is 1. The molecule has 1 heterocycles. The van der Waals surface area contributed by atoms with E-state index in [2.05, 4.69) is 0 Å². The molecule has 0 spiro atoms. The molecule has 0 radical (unpaired) electrons. The molecule has 3 aromatic rings. The summed E-state index contributed by atoms with van der Waals surface area (Å²) in [5.74, 6) is 1.36. The summed E-state index contributed by atoms with van der Waals surface area (Å²) >= 11 is 0. The van der Waals surface area contributed by atoms with Crippen LogP contribution in [0.25, 0.3) is 0 Å². The van der Waals surface area contributed by atoms with E-state index in [9.17, 15) is 25.5 Å². The van der Waals surface area contributed by atoms with Crippen molar-refractivity contribution in [3.05, 3.63) is 64.7 Å². The van der Waals surface area contributed by atoms with Gasteiger partial charge in [0.2, 0.25) is 5.75 Å². The average Bonchev–Trinajstić information content (AvgIpc) is 3.40. The number of ether oxygens (including phenoxy) is 6. The molecule has 0 saturated heterocycles. The molecule has 0 aromatic heterocycles. The van der Waals surface area contributed by atoms with E-state index in [0.717, 1.165) is 11.1 Å². The lowest BCUT2D eigenvalue weighted by molar-refractivity contribution is -0.00180. The fourth-order valence-electron chi connectivity index (χ4n) is 5.16. The number of methoxy groups -OCH3 is 4. The minimum absolute atomic E-state index is 0.0628. The lowest BCUT2D eigenvalue weighted by atomic mass is 9.90. The third kappa shape index (κ3) is 6.14. The van der Waals surface area contributed by atoms with Crippen LogP contribution in [0.1, 0.15) is 46.8 Å². The first-order valence-electron chi connectivity index (χ1n) is 13.5.